The van der Waals surface area contributed by atoms with Gasteiger partial charge >= 0.3 is 0 Å². The van der Waals surface area contributed by atoms with E-state index in [-0.39, 0.29) is 18.9 Å². The highest BCUT2D eigenvalue weighted by molar-refractivity contribution is 9.10. The Labute approximate surface area is 174 Å². The van der Waals surface area contributed by atoms with Crippen molar-refractivity contribution in [1.82, 2.24) is 9.21 Å². The van der Waals surface area contributed by atoms with Crippen molar-refractivity contribution >= 4 is 31.9 Å². The fraction of sp³-hybridized carbons (Fsp3) is 0.350. The molecule has 1 fully saturated rings. The van der Waals surface area contributed by atoms with Gasteiger partial charge in [0.1, 0.15) is 5.75 Å². The van der Waals surface area contributed by atoms with E-state index in [4.69, 9.17) is 4.74 Å². The van der Waals surface area contributed by atoms with E-state index in [1.807, 2.05) is 31.2 Å². The normalized spacial score (nSPS) is 15.4. The van der Waals surface area contributed by atoms with Crippen LogP contribution in [0.5, 0.6) is 5.75 Å². The molecule has 28 heavy (non-hydrogen) atoms. The Bertz CT molecular complexity index is 923. The van der Waals surface area contributed by atoms with E-state index in [2.05, 4.69) is 15.9 Å². The van der Waals surface area contributed by atoms with Gasteiger partial charge < -0.3 is 9.64 Å². The molecule has 0 atom stereocenters. The van der Waals surface area contributed by atoms with Crippen molar-refractivity contribution in [2.75, 3.05) is 32.8 Å². The molecular weight excluding hydrogens is 444 g/mol. The minimum Gasteiger partial charge on any atom is -0.493 e. The molecule has 0 unspecified atom stereocenters. The van der Waals surface area contributed by atoms with Crippen LogP contribution in [0.3, 0.4) is 0 Å². The molecule has 6 nitrogen and oxygen atoms in total. The van der Waals surface area contributed by atoms with Crippen molar-refractivity contribution in [2.24, 2.45) is 0 Å². The van der Waals surface area contributed by atoms with Gasteiger partial charge in [0.15, 0.2) is 0 Å². The van der Waals surface area contributed by atoms with Crippen LogP contribution in [0, 0.1) is 6.92 Å². The number of sulfonamides is 1. The molecule has 150 valence electrons. The first-order chi connectivity index (χ1) is 13.4. The average Bonchev–Trinajstić information content (AvgIpc) is 2.68. The highest BCUT2D eigenvalue weighted by Crippen LogP contribution is 2.19. The van der Waals surface area contributed by atoms with Crippen LogP contribution in [0.4, 0.5) is 0 Å². The van der Waals surface area contributed by atoms with Crippen LogP contribution >= 0.6 is 15.9 Å². The summed E-state index contributed by atoms with van der Waals surface area (Å²) in [4.78, 5) is 14.4. The Morgan fingerprint density at radius 3 is 2.39 bits per heavy atom. The van der Waals surface area contributed by atoms with Gasteiger partial charge in [-0.1, -0.05) is 39.7 Å². The molecule has 1 aliphatic heterocycles. The zero-order valence-electron chi connectivity index (χ0n) is 15.7. The fourth-order valence-electron chi connectivity index (χ4n) is 3.01. The number of rotatable bonds is 6. The van der Waals surface area contributed by atoms with E-state index in [0.717, 1.165) is 10.0 Å². The summed E-state index contributed by atoms with van der Waals surface area (Å²) in [6.45, 7) is 3.59. The topological polar surface area (TPSA) is 66.9 Å². The smallest absolute Gasteiger partial charge is 0.243 e. The van der Waals surface area contributed by atoms with E-state index in [9.17, 15) is 13.2 Å². The molecule has 1 heterocycles. The van der Waals surface area contributed by atoms with Crippen molar-refractivity contribution in [1.29, 1.82) is 0 Å². The molecule has 8 heteroatoms. The van der Waals surface area contributed by atoms with Crippen LogP contribution in [-0.2, 0) is 14.8 Å². The van der Waals surface area contributed by atoms with Crippen molar-refractivity contribution in [2.45, 2.75) is 18.2 Å². The summed E-state index contributed by atoms with van der Waals surface area (Å²) in [5.41, 5.74) is 1.01. The Hall–Kier alpha value is -1.90. The molecule has 0 aliphatic carbocycles. The van der Waals surface area contributed by atoms with Crippen LogP contribution in [0.1, 0.15) is 12.0 Å². The number of benzene rings is 2. The monoisotopic (exact) mass is 466 g/mol. The second kappa shape index (κ2) is 9.07. The van der Waals surface area contributed by atoms with Crippen LogP contribution < -0.4 is 4.74 Å². The summed E-state index contributed by atoms with van der Waals surface area (Å²) >= 11 is 3.38. The summed E-state index contributed by atoms with van der Waals surface area (Å²) < 4.78 is 33.4. The first kappa shape index (κ1) is 20.8. The molecule has 0 spiro atoms. The minimum atomic E-state index is -3.52. The minimum absolute atomic E-state index is 0.0256. The van der Waals surface area contributed by atoms with Crippen molar-refractivity contribution < 1.29 is 17.9 Å². The molecule has 2 aromatic rings. The van der Waals surface area contributed by atoms with E-state index in [0.29, 0.717) is 36.8 Å². The standard InChI is InChI=1S/C20H23BrN2O4S/c1-16-5-7-19(8-6-16)28(25,26)23-12-10-22(11-13-23)20(24)9-14-27-18-4-2-3-17(21)15-18/h2-8,15H,9-14H2,1H3. The lowest BCUT2D eigenvalue weighted by atomic mass is 10.2. The molecule has 1 amide bonds. The SMILES string of the molecule is Cc1ccc(S(=O)(=O)N2CCN(C(=O)CCOc3cccc(Br)c3)CC2)cc1. The largest absolute Gasteiger partial charge is 0.493 e. The van der Waals surface area contributed by atoms with Gasteiger partial charge in [-0.05, 0) is 37.3 Å². The van der Waals surface area contributed by atoms with Crippen molar-refractivity contribution in [3.05, 3.63) is 58.6 Å². The predicted octanol–water partition coefficient (Wildman–Crippen LogP) is 3.06. The lowest BCUT2D eigenvalue weighted by Gasteiger charge is -2.34. The highest BCUT2D eigenvalue weighted by atomic mass is 79.9. The first-order valence-corrected chi connectivity index (χ1v) is 11.3. The number of carbonyl (C=O) groups is 1. The maximum absolute atomic E-state index is 12.7. The van der Waals surface area contributed by atoms with Crippen molar-refractivity contribution in [3.63, 3.8) is 0 Å². The first-order valence-electron chi connectivity index (χ1n) is 9.09. The van der Waals surface area contributed by atoms with Gasteiger partial charge in [0.2, 0.25) is 15.9 Å². The van der Waals surface area contributed by atoms with E-state index < -0.39 is 10.0 Å². The molecule has 0 N–H and O–H groups in total. The Kier molecular flexibility index (Phi) is 6.74. The van der Waals surface area contributed by atoms with Gasteiger partial charge in [-0.15, -0.1) is 0 Å². The van der Waals surface area contributed by atoms with Gasteiger partial charge in [-0.2, -0.15) is 4.31 Å². The van der Waals surface area contributed by atoms with Gasteiger partial charge in [0.05, 0.1) is 17.9 Å². The molecular formula is C20H23BrN2O4S. The van der Waals surface area contributed by atoms with Crippen LogP contribution in [-0.4, -0.2) is 56.3 Å². The summed E-state index contributed by atoms with van der Waals surface area (Å²) in [6.07, 6.45) is 0.261. The number of carbonyl (C=O) groups excluding carboxylic acids is 1. The second-order valence-electron chi connectivity index (χ2n) is 6.65. The van der Waals surface area contributed by atoms with E-state index in [1.165, 1.54) is 4.31 Å². The second-order valence-corrected chi connectivity index (χ2v) is 9.51. The Morgan fingerprint density at radius 2 is 1.75 bits per heavy atom. The number of aryl methyl sites for hydroxylation is 1. The zero-order valence-corrected chi connectivity index (χ0v) is 18.1. The number of hydrogen-bond acceptors (Lipinski definition) is 4. The summed E-state index contributed by atoms with van der Waals surface area (Å²) in [6, 6.07) is 14.3. The molecule has 0 aromatic heterocycles. The maximum atomic E-state index is 12.7. The molecule has 3 rings (SSSR count). The zero-order chi connectivity index (χ0) is 20.1. The summed E-state index contributed by atoms with van der Waals surface area (Å²) in [7, 11) is -3.52. The maximum Gasteiger partial charge on any atom is 0.243 e. The summed E-state index contributed by atoms with van der Waals surface area (Å²) in [5, 5.41) is 0. The average molecular weight is 467 g/mol. The summed E-state index contributed by atoms with van der Waals surface area (Å²) in [5.74, 6) is 0.679. The lowest BCUT2D eigenvalue weighted by molar-refractivity contribution is -0.132. The highest BCUT2D eigenvalue weighted by Gasteiger charge is 2.29. The molecule has 1 saturated heterocycles. The molecule has 0 saturated carbocycles. The third-order valence-electron chi connectivity index (χ3n) is 4.63. The van der Waals surface area contributed by atoms with Crippen LogP contribution in [0.2, 0.25) is 0 Å². The Morgan fingerprint density at radius 1 is 1.07 bits per heavy atom. The Balaban J connectivity index is 1.49. The number of halogens is 1. The molecule has 1 aliphatic rings. The predicted molar refractivity (Wildman–Crippen MR) is 111 cm³/mol. The van der Waals surface area contributed by atoms with Gasteiger partial charge in [0, 0.05) is 30.7 Å². The fourth-order valence-corrected chi connectivity index (χ4v) is 4.81. The van der Waals surface area contributed by atoms with Crippen LogP contribution in [0.15, 0.2) is 57.9 Å². The molecule has 0 radical (unpaired) electrons. The molecule has 2 aromatic carbocycles. The number of ether oxygens (including phenoxy) is 1. The van der Waals surface area contributed by atoms with Gasteiger partial charge in [-0.3, -0.25) is 4.79 Å². The number of piperazine rings is 1. The molecule has 0 bridgehead atoms. The van der Waals surface area contributed by atoms with Gasteiger partial charge in [0.25, 0.3) is 0 Å². The quantitative estimate of drug-likeness (QED) is 0.655. The van der Waals surface area contributed by atoms with E-state index >= 15 is 0 Å². The third-order valence-corrected chi connectivity index (χ3v) is 7.04. The number of nitrogens with zero attached hydrogens (tertiary/aromatic N) is 2. The van der Waals surface area contributed by atoms with E-state index in [1.54, 1.807) is 29.2 Å². The lowest BCUT2D eigenvalue weighted by Crippen LogP contribution is -2.50. The van der Waals surface area contributed by atoms with Crippen molar-refractivity contribution in [3.8, 4) is 5.75 Å². The third kappa shape index (κ3) is 5.12. The van der Waals surface area contributed by atoms with Gasteiger partial charge in [-0.25, -0.2) is 8.42 Å². The van der Waals surface area contributed by atoms with Crippen LogP contribution in [0.25, 0.3) is 0 Å². The number of hydrogen-bond donors (Lipinski definition) is 0. The number of amides is 1.